The van der Waals surface area contributed by atoms with Crippen LogP contribution in [0.2, 0.25) is 0 Å². The molecule has 0 unspecified atom stereocenters. The van der Waals surface area contributed by atoms with Gasteiger partial charge in [-0.3, -0.25) is 0 Å². The third-order valence-corrected chi connectivity index (χ3v) is 6.09. The summed E-state index contributed by atoms with van der Waals surface area (Å²) in [4.78, 5) is 4.79. The van der Waals surface area contributed by atoms with Gasteiger partial charge < -0.3 is 0 Å². The lowest BCUT2D eigenvalue weighted by Crippen LogP contribution is -2.32. The summed E-state index contributed by atoms with van der Waals surface area (Å²) in [6, 6.07) is 8.53. The van der Waals surface area contributed by atoms with Gasteiger partial charge in [0.25, 0.3) is 6.33 Å². The molecule has 1 aromatic heterocycles. The van der Waals surface area contributed by atoms with Gasteiger partial charge in [-0.25, -0.2) is 8.96 Å². The molecule has 134 valence electrons. The molecule has 2 aromatic carbocycles. The predicted molar refractivity (Wildman–Crippen MR) is 104 cm³/mol. The molecule has 1 heterocycles. The molecule has 1 aliphatic carbocycles. The Bertz CT molecular complexity index is 1000. The lowest BCUT2D eigenvalue weighted by atomic mass is 9.91. The average Bonchev–Trinajstić information content (AvgIpc) is 3.17. The number of halogens is 1. The molecular formula is C23H26FN2+. The van der Waals surface area contributed by atoms with Gasteiger partial charge in [0.05, 0.1) is 12.4 Å². The Balaban J connectivity index is 2.02. The maximum atomic E-state index is 14.4. The van der Waals surface area contributed by atoms with Crippen molar-refractivity contribution in [3.8, 4) is 11.3 Å². The monoisotopic (exact) mass is 349 g/mol. The van der Waals surface area contributed by atoms with Crippen LogP contribution in [0.5, 0.6) is 0 Å². The van der Waals surface area contributed by atoms with Crippen LogP contribution in [-0.4, -0.2) is 4.98 Å². The molecule has 0 N–H and O–H groups in total. The van der Waals surface area contributed by atoms with Crippen LogP contribution in [0.4, 0.5) is 4.39 Å². The summed E-state index contributed by atoms with van der Waals surface area (Å²) in [5, 5.41) is 1.16. The number of fused-ring (bicyclic) bond motifs is 1. The van der Waals surface area contributed by atoms with Crippen molar-refractivity contribution < 1.29 is 8.96 Å². The Hall–Kier alpha value is -2.29. The highest BCUT2D eigenvalue weighted by Crippen LogP contribution is 2.39. The summed E-state index contributed by atoms with van der Waals surface area (Å²) < 4.78 is 16.4. The minimum Gasteiger partial charge on any atom is -0.232 e. The minimum absolute atomic E-state index is 0.0982. The van der Waals surface area contributed by atoms with Crippen molar-refractivity contribution in [1.29, 1.82) is 0 Å². The van der Waals surface area contributed by atoms with Crippen molar-refractivity contribution in [2.45, 2.75) is 52.4 Å². The lowest BCUT2D eigenvalue weighted by molar-refractivity contribution is -0.662. The summed E-state index contributed by atoms with van der Waals surface area (Å²) in [5.41, 5.74) is 7.12. The van der Waals surface area contributed by atoms with Crippen molar-refractivity contribution >= 4 is 10.9 Å². The van der Waals surface area contributed by atoms with Gasteiger partial charge >= 0.3 is 0 Å². The Labute approximate surface area is 154 Å². The second-order valence-electron chi connectivity index (χ2n) is 7.73. The average molecular weight is 349 g/mol. The van der Waals surface area contributed by atoms with Crippen LogP contribution in [0.25, 0.3) is 22.2 Å². The Morgan fingerprint density at radius 3 is 2.54 bits per heavy atom. The van der Waals surface area contributed by atoms with Gasteiger partial charge in [-0.15, -0.1) is 0 Å². The molecule has 0 saturated heterocycles. The zero-order valence-electron chi connectivity index (χ0n) is 16.1. The number of rotatable bonds is 2. The first-order valence-electron chi connectivity index (χ1n) is 9.53. The van der Waals surface area contributed by atoms with E-state index in [1.807, 2.05) is 40.2 Å². The maximum Gasteiger partial charge on any atom is 0.287 e. The highest BCUT2D eigenvalue weighted by molar-refractivity contribution is 5.93. The summed E-state index contributed by atoms with van der Waals surface area (Å²) in [5.74, 6) is 0.517. The fourth-order valence-electron chi connectivity index (χ4n) is 4.49. The quantitative estimate of drug-likeness (QED) is 0.562. The highest BCUT2D eigenvalue weighted by Gasteiger charge is 2.25. The molecule has 0 bridgehead atoms. The van der Waals surface area contributed by atoms with Gasteiger partial charge in [-0.05, 0) is 73.3 Å². The second kappa shape index (κ2) is 6.46. The minimum atomic E-state index is -0.0982. The molecule has 1 saturated carbocycles. The largest absolute Gasteiger partial charge is 0.287 e. The van der Waals surface area contributed by atoms with E-state index in [2.05, 4.69) is 22.8 Å². The van der Waals surface area contributed by atoms with E-state index in [1.54, 1.807) is 0 Å². The molecule has 1 fully saturated rings. The van der Waals surface area contributed by atoms with E-state index in [9.17, 15) is 4.39 Å². The molecule has 4 rings (SSSR count). The summed E-state index contributed by atoms with van der Waals surface area (Å²) in [6.45, 7) is 5.73. The van der Waals surface area contributed by atoms with E-state index >= 15 is 0 Å². The van der Waals surface area contributed by atoms with Gasteiger partial charge in [0.1, 0.15) is 11.5 Å². The third kappa shape index (κ3) is 2.61. The Morgan fingerprint density at radius 2 is 1.81 bits per heavy atom. The van der Waals surface area contributed by atoms with Gasteiger partial charge in [-0.1, -0.05) is 25.0 Å². The Morgan fingerprint density at radius 1 is 1.08 bits per heavy atom. The maximum absolute atomic E-state index is 14.4. The number of para-hydroxylation sites is 1. The molecular weight excluding hydrogens is 323 g/mol. The molecule has 0 radical (unpaired) electrons. The Kier molecular flexibility index (Phi) is 4.26. The molecule has 0 amide bonds. The van der Waals surface area contributed by atoms with E-state index in [-0.39, 0.29) is 5.82 Å². The first-order chi connectivity index (χ1) is 12.5. The summed E-state index contributed by atoms with van der Waals surface area (Å²) in [6.07, 6.45) is 7.04. The first-order valence-corrected chi connectivity index (χ1v) is 9.53. The fraction of sp³-hybridized carbons (Fsp3) is 0.391. The summed E-state index contributed by atoms with van der Waals surface area (Å²) in [7, 11) is 2.03. The van der Waals surface area contributed by atoms with Crippen LogP contribution in [0.15, 0.2) is 30.6 Å². The van der Waals surface area contributed by atoms with Crippen molar-refractivity contribution in [2.75, 3.05) is 0 Å². The van der Waals surface area contributed by atoms with Gasteiger partial charge in [0, 0.05) is 11.1 Å². The highest BCUT2D eigenvalue weighted by atomic mass is 19.1. The van der Waals surface area contributed by atoms with Crippen molar-refractivity contribution in [2.24, 2.45) is 7.05 Å². The lowest BCUT2D eigenvalue weighted by Gasteiger charge is -2.15. The smallest absolute Gasteiger partial charge is 0.232 e. The summed E-state index contributed by atoms with van der Waals surface area (Å²) >= 11 is 0. The predicted octanol–water partition coefficient (Wildman–Crippen LogP) is 5.45. The second-order valence-corrected chi connectivity index (χ2v) is 7.73. The van der Waals surface area contributed by atoms with Crippen LogP contribution < -0.4 is 4.57 Å². The fourth-order valence-corrected chi connectivity index (χ4v) is 4.49. The van der Waals surface area contributed by atoms with Crippen LogP contribution >= 0.6 is 0 Å². The van der Waals surface area contributed by atoms with E-state index in [0.717, 1.165) is 33.3 Å². The number of hydrogen-bond acceptors (Lipinski definition) is 1. The number of nitrogens with zero attached hydrogens (tertiary/aromatic N) is 2. The van der Waals surface area contributed by atoms with Crippen LogP contribution in [0.3, 0.4) is 0 Å². The molecule has 3 aromatic rings. The van der Waals surface area contributed by atoms with Gasteiger partial charge in [0.15, 0.2) is 5.52 Å². The zero-order chi connectivity index (χ0) is 18.4. The molecule has 2 nitrogen and oxygen atoms in total. The number of aromatic nitrogens is 2. The first kappa shape index (κ1) is 17.1. The third-order valence-electron chi connectivity index (χ3n) is 6.09. The number of benzene rings is 2. The van der Waals surface area contributed by atoms with Crippen LogP contribution in [0, 0.1) is 26.6 Å². The van der Waals surface area contributed by atoms with Crippen molar-refractivity contribution in [1.82, 2.24) is 4.98 Å². The number of hydrogen-bond donors (Lipinski definition) is 0. The van der Waals surface area contributed by atoms with E-state index < -0.39 is 0 Å². The molecule has 26 heavy (non-hydrogen) atoms. The van der Waals surface area contributed by atoms with Crippen molar-refractivity contribution in [3.05, 3.63) is 58.7 Å². The van der Waals surface area contributed by atoms with E-state index in [1.165, 1.54) is 31.2 Å². The van der Waals surface area contributed by atoms with Gasteiger partial charge in [-0.2, -0.15) is 0 Å². The molecule has 3 heteroatoms. The molecule has 0 atom stereocenters. The van der Waals surface area contributed by atoms with E-state index in [4.69, 9.17) is 4.98 Å². The van der Waals surface area contributed by atoms with Crippen LogP contribution in [0.1, 0.15) is 53.9 Å². The van der Waals surface area contributed by atoms with Crippen LogP contribution in [-0.2, 0) is 7.05 Å². The number of aryl methyl sites for hydroxylation is 2. The zero-order valence-corrected chi connectivity index (χ0v) is 16.1. The topological polar surface area (TPSA) is 16.8 Å². The molecule has 0 spiro atoms. The standard InChI is InChI=1S/C23H26FN2/c1-14-12-20(15(2)16(3)21(14)24)23-19-11-7-10-18(17-8-5-6-9-17)22(19)25-13-26(23)4/h7,10-13,17H,5-6,8-9H2,1-4H3/q+1. The SMILES string of the molecule is Cc1cc(-c2c3cccc(C4CCCC4)c3nc[n+]2C)c(C)c(C)c1F. The normalized spacial score (nSPS) is 15.1. The molecule has 0 aliphatic heterocycles. The van der Waals surface area contributed by atoms with Gasteiger partial charge in [0.2, 0.25) is 0 Å². The van der Waals surface area contributed by atoms with Crippen molar-refractivity contribution in [3.63, 3.8) is 0 Å². The van der Waals surface area contributed by atoms with E-state index in [0.29, 0.717) is 11.5 Å². The molecule has 1 aliphatic rings.